The summed E-state index contributed by atoms with van der Waals surface area (Å²) < 4.78 is 5.00. The topological polar surface area (TPSA) is 64.9 Å². The molecule has 0 fully saturated rings. The number of benzene rings is 1. The van der Waals surface area contributed by atoms with Gasteiger partial charge in [-0.25, -0.2) is 0 Å². The molecule has 0 bridgehead atoms. The number of nitrogens with zero attached hydrogens (tertiary/aromatic N) is 2. The molecule has 5 heteroatoms. The van der Waals surface area contributed by atoms with Crippen molar-refractivity contribution < 1.29 is 4.52 Å². The molecule has 1 heterocycles. The average molecular weight is 212 g/mol. The first kappa shape index (κ1) is 10.7. The highest BCUT2D eigenvalue weighted by molar-refractivity contribution is 5.85. The first-order chi connectivity index (χ1) is 6.40. The minimum atomic E-state index is 0. The third-order valence-corrected chi connectivity index (χ3v) is 1.67. The van der Waals surface area contributed by atoms with Crippen molar-refractivity contribution in [3.8, 4) is 11.5 Å². The standard InChI is InChI=1S/C9H9N3O.ClH/c10-6-8-11-9(13-12-8)7-4-2-1-3-5-7;/h1-5H,6,10H2;1H. The van der Waals surface area contributed by atoms with Crippen LogP contribution < -0.4 is 5.73 Å². The van der Waals surface area contributed by atoms with Crippen LogP contribution in [-0.4, -0.2) is 10.1 Å². The molecule has 74 valence electrons. The lowest BCUT2D eigenvalue weighted by atomic mass is 10.2. The van der Waals surface area contributed by atoms with Crippen molar-refractivity contribution in [2.45, 2.75) is 6.54 Å². The second kappa shape index (κ2) is 4.74. The smallest absolute Gasteiger partial charge is 0.257 e. The lowest BCUT2D eigenvalue weighted by Gasteiger charge is -1.89. The molecule has 0 aliphatic rings. The first-order valence-corrected chi connectivity index (χ1v) is 3.98. The van der Waals surface area contributed by atoms with Crippen LogP contribution in [-0.2, 0) is 6.54 Å². The Balaban J connectivity index is 0.000000980. The molecule has 2 aromatic rings. The van der Waals surface area contributed by atoms with Crippen LogP contribution in [0.1, 0.15) is 5.82 Å². The SMILES string of the molecule is Cl.NCc1noc(-c2ccccc2)n1. The van der Waals surface area contributed by atoms with Gasteiger partial charge in [0.2, 0.25) is 0 Å². The minimum absolute atomic E-state index is 0. The van der Waals surface area contributed by atoms with E-state index in [1.807, 2.05) is 30.3 Å². The molecule has 0 unspecified atom stereocenters. The van der Waals surface area contributed by atoms with E-state index >= 15 is 0 Å². The zero-order valence-corrected chi connectivity index (χ0v) is 8.20. The Morgan fingerprint density at radius 3 is 2.50 bits per heavy atom. The van der Waals surface area contributed by atoms with Crippen molar-refractivity contribution in [1.29, 1.82) is 0 Å². The molecule has 0 spiro atoms. The van der Waals surface area contributed by atoms with Gasteiger partial charge in [0.05, 0.1) is 6.54 Å². The lowest BCUT2D eigenvalue weighted by Crippen LogP contribution is -1.97. The zero-order chi connectivity index (χ0) is 9.10. The van der Waals surface area contributed by atoms with Gasteiger partial charge in [0.15, 0.2) is 5.82 Å². The Labute approximate surface area is 87.5 Å². The van der Waals surface area contributed by atoms with Crippen LogP contribution in [0.3, 0.4) is 0 Å². The summed E-state index contributed by atoms with van der Waals surface area (Å²) in [6.45, 7) is 0.302. The maximum absolute atomic E-state index is 5.36. The fourth-order valence-electron chi connectivity index (χ4n) is 1.03. The molecule has 2 rings (SSSR count). The molecule has 1 aromatic carbocycles. The van der Waals surface area contributed by atoms with Crippen LogP contribution in [0.15, 0.2) is 34.9 Å². The molecule has 0 saturated heterocycles. The molecule has 0 saturated carbocycles. The molecule has 0 radical (unpaired) electrons. The van der Waals surface area contributed by atoms with E-state index in [0.717, 1.165) is 5.56 Å². The molecule has 14 heavy (non-hydrogen) atoms. The largest absolute Gasteiger partial charge is 0.334 e. The van der Waals surface area contributed by atoms with Gasteiger partial charge in [0.1, 0.15) is 0 Å². The highest BCUT2D eigenvalue weighted by Crippen LogP contribution is 2.15. The summed E-state index contributed by atoms with van der Waals surface area (Å²) in [7, 11) is 0. The van der Waals surface area contributed by atoms with E-state index < -0.39 is 0 Å². The molecule has 1 aromatic heterocycles. The summed E-state index contributed by atoms with van der Waals surface area (Å²) in [5.41, 5.74) is 6.27. The second-order valence-electron chi connectivity index (χ2n) is 2.59. The summed E-state index contributed by atoms with van der Waals surface area (Å²) >= 11 is 0. The third-order valence-electron chi connectivity index (χ3n) is 1.67. The summed E-state index contributed by atoms with van der Waals surface area (Å²) in [6.07, 6.45) is 0. The molecule has 0 aliphatic carbocycles. The van der Waals surface area contributed by atoms with Crippen molar-refractivity contribution in [3.63, 3.8) is 0 Å². The van der Waals surface area contributed by atoms with Crippen molar-refractivity contribution in [3.05, 3.63) is 36.2 Å². The molecular formula is C9H10ClN3O. The predicted molar refractivity (Wildman–Crippen MR) is 54.9 cm³/mol. The van der Waals surface area contributed by atoms with E-state index in [1.54, 1.807) is 0 Å². The van der Waals surface area contributed by atoms with Gasteiger partial charge in [-0.1, -0.05) is 23.4 Å². The molecule has 0 atom stereocenters. The Hall–Kier alpha value is -1.39. The van der Waals surface area contributed by atoms with Gasteiger partial charge in [0, 0.05) is 5.56 Å². The lowest BCUT2D eigenvalue weighted by molar-refractivity contribution is 0.423. The highest BCUT2D eigenvalue weighted by Gasteiger charge is 2.05. The normalized spacial score (nSPS) is 9.50. The van der Waals surface area contributed by atoms with Gasteiger partial charge in [-0.2, -0.15) is 4.98 Å². The summed E-state index contributed by atoms with van der Waals surface area (Å²) in [4.78, 5) is 4.10. The van der Waals surface area contributed by atoms with Crippen LogP contribution in [0.4, 0.5) is 0 Å². The third kappa shape index (κ3) is 2.10. The van der Waals surface area contributed by atoms with Gasteiger partial charge in [-0.15, -0.1) is 12.4 Å². The maximum Gasteiger partial charge on any atom is 0.257 e. The van der Waals surface area contributed by atoms with Crippen LogP contribution >= 0.6 is 12.4 Å². The van der Waals surface area contributed by atoms with Crippen LogP contribution in [0.5, 0.6) is 0 Å². The fourth-order valence-corrected chi connectivity index (χ4v) is 1.03. The molecule has 2 N–H and O–H groups in total. The number of hydrogen-bond acceptors (Lipinski definition) is 4. The van der Waals surface area contributed by atoms with Crippen molar-refractivity contribution in [2.24, 2.45) is 5.73 Å². The second-order valence-corrected chi connectivity index (χ2v) is 2.59. The van der Waals surface area contributed by atoms with Crippen molar-refractivity contribution in [2.75, 3.05) is 0 Å². The molecule has 0 amide bonds. The van der Waals surface area contributed by atoms with Gasteiger partial charge in [-0.3, -0.25) is 0 Å². The highest BCUT2D eigenvalue weighted by atomic mass is 35.5. The monoisotopic (exact) mass is 211 g/mol. The van der Waals surface area contributed by atoms with Gasteiger partial charge >= 0.3 is 0 Å². The summed E-state index contributed by atoms with van der Waals surface area (Å²) in [5, 5.41) is 3.70. The first-order valence-electron chi connectivity index (χ1n) is 3.98. The van der Waals surface area contributed by atoms with Gasteiger partial charge in [-0.05, 0) is 12.1 Å². The predicted octanol–water partition coefficient (Wildman–Crippen LogP) is 1.62. The number of nitrogens with two attached hydrogens (primary N) is 1. The van der Waals surface area contributed by atoms with Crippen LogP contribution in [0.25, 0.3) is 11.5 Å². The van der Waals surface area contributed by atoms with Crippen LogP contribution in [0.2, 0.25) is 0 Å². The maximum atomic E-state index is 5.36. The molecular weight excluding hydrogens is 202 g/mol. The number of rotatable bonds is 2. The van der Waals surface area contributed by atoms with Crippen molar-refractivity contribution in [1.82, 2.24) is 10.1 Å². The van der Waals surface area contributed by atoms with Crippen LogP contribution in [0, 0.1) is 0 Å². The van der Waals surface area contributed by atoms with E-state index in [4.69, 9.17) is 10.3 Å². The van der Waals surface area contributed by atoms with Gasteiger partial charge < -0.3 is 10.3 Å². The average Bonchev–Trinajstić information content (AvgIpc) is 2.67. The van der Waals surface area contributed by atoms with E-state index in [9.17, 15) is 0 Å². The Morgan fingerprint density at radius 2 is 1.93 bits per heavy atom. The van der Waals surface area contributed by atoms with E-state index in [1.165, 1.54) is 0 Å². The Bertz CT molecular complexity index is 388. The van der Waals surface area contributed by atoms with E-state index in [0.29, 0.717) is 18.3 Å². The number of halogens is 1. The van der Waals surface area contributed by atoms with Crippen molar-refractivity contribution >= 4 is 12.4 Å². The quantitative estimate of drug-likeness (QED) is 0.820. The van der Waals surface area contributed by atoms with E-state index in [-0.39, 0.29) is 12.4 Å². The zero-order valence-electron chi connectivity index (χ0n) is 7.38. The summed E-state index contributed by atoms with van der Waals surface area (Å²) in [5.74, 6) is 1.04. The number of aromatic nitrogens is 2. The molecule has 0 aliphatic heterocycles. The summed E-state index contributed by atoms with van der Waals surface area (Å²) in [6, 6.07) is 9.59. The number of hydrogen-bond donors (Lipinski definition) is 1. The van der Waals surface area contributed by atoms with E-state index in [2.05, 4.69) is 10.1 Å². The molecule has 4 nitrogen and oxygen atoms in total. The minimum Gasteiger partial charge on any atom is -0.334 e. The Kier molecular flexibility index (Phi) is 3.62. The van der Waals surface area contributed by atoms with Gasteiger partial charge in [0.25, 0.3) is 5.89 Å². The fraction of sp³-hybridized carbons (Fsp3) is 0.111. The Morgan fingerprint density at radius 1 is 1.21 bits per heavy atom.